The Morgan fingerprint density at radius 2 is 1.84 bits per heavy atom. The first-order valence-electron chi connectivity index (χ1n) is 7.49. The molecular formula is C16H20ClF3N4O. The standard InChI is InChI=1S/C16H19F3N4O.ClH/c1-11-4-6-12(7-5-11)23-14(16(17,18)19)13(10-22-23)15(24)21-9-3-8-20-2;/h4-7,10,20H,3,8-9H2,1-2H3,(H,21,24);1H. The van der Waals surface area contributed by atoms with Gasteiger partial charge in [0.15, 0.2) is 5.69 Å². The van der Waals surface area contributed by atoms with E-state index in [-0.39, 0.29) is 24.6 Å². The lowest BCUT2D eigenvalue weighted by atomic mass is 10.2. The van der Waals surface area contributed by atoms with Crippen LogP contribution in [0.3, 0.4) is 0 Å². The van der Waals surface area contributed by atoms with Gasteiger partial charge in [-0.25, -0.2) is 4.68 Å². The summed E-state index contributed by atoms with van der Waals surface area (Å²) in [5, 5.41) is 9.16. The molecule has 0 saturated heterocycles. The molecule has 1 amide bonds. The summed E-state index contributed by atoms with van der Waals surface area (Å²) >= 11 is 0. The van der Waals surface area contributed by atoms with Crippen molar-refractivity contribution in [1.82, 2.24) is 20.4 Å². The molecule has 2 aromatic rings. The maximum Gasteiger partial charge on any atom is 0.434 e. The SMILES string of the molecule is CNCCCNC(=O)c1cnn(-c2ccc(C)cc2)c1C(F)(F)F.Cl. The minimum atomic E-state index is -4.70. The Kier molecular flexibility index (Phi) is 7.44. The summed E-state index contributed by atoms with van der Waals surface area (Å²) in [6, 6.07) is 6.45. The number of benzene rings is 1. The predicted octanol–water partition coefficient (Wildman–Crippen LogP) is 2.96. The molecule has 1 heterocycles. The fraction of sp³-hybridized carbons (Fsp3) is 0.375. The minimum absolute atomic E-state index is 0. The molecule has 25 heavy (non-hydrogen) atoms. The highest BCUT2D eigenvalue weighted by Gasteiger charge is 2.40. The molecular weight excluding hydrogens is 357 g/mol. The summed E-state index contributed by atoms with van der Waals surface area (Å²) < 4.78 is 41.1. The van der Waals surface area contributed by atoms with Crippen molar-refractivity contribution in [2.75, 3.05) is 20.1 Å². The number of aromatic nitrogens is 2. The molecule has 138 valence electrons. The molecule has 1 aromatic carbocycles. The van der Waals surface area contributed by atoms with Gasteiger partial charge in [0, 0.05) is 6.54 Å². The second-order valence-corrected chi connectivity index (χ2v) is 5.36. The van der Waals surface area contributed by atoms with Gasteiger partial charge in [-0.3, -0.25) is 4.79 Å². The number of amides is 1. The zero-order valence-electron chi connectivity index (χ0n) is 13.9. The normalized spacial score (nSPS) is 11.1. The summed E-state index contributed by atoms with van der Waals surface area (Å²) in [6.45, 7) is 2.78. The first-order chi connectivity index (χ1) is 11.3. The third kappa shape index (κ3) is 5.20. The molecule has 0 saturated carbocycles. The third-order valence-electron chi connectivity index (χ3n) is 3.45. The lowest BCUT2D eigenvalue weighted by Gasteiger charge is -2.13. The first kappa shape index (κ1) is 21.0. The van der Waals surface area contributed by atoms with Gasteiger partial charge in [-0.1, -0.05) is 17.7 Å². The lowest BCUT2D eigenvalue weighted by molar-refractivity contribution is -0.143. The van der Waals surface area contributed by atoms with E-state index >= 15 is 0 Å². The van der Waals surface area contributed by atoms with E-state index < -0.39 is 23.3 Å². The zero-order chi connectivity index (χ0) is 17.7. The maximum atomic E-state index is 13.5. The monoisotopic (exact) mass is 376 g/mol. The van der Waals surface area contributed by atoms with Gasteiger partial charge in [0.25, 0.3) is 5.91 Å². The van der Waals surface area contributed by atoms with Crippen LogP contribution >= 0.6 is 12.4 Å². The fourth-order valence-electron chi connectivity index (χ4n) is 2.23. The quantitative estimate of drug-likeness (QED) is 0.762. The topological polar surface area (TPSA) is 58.9 Å². The van der Waals surface area contributed by atoms with Crippen molar-refractivity contribution in [1.29, 1.82) is 0 Å². The predicted molar refractivity (Wildman–Crippen MR) is 91.4 cm³/mol. The van der Waals surface area contributed by atoms with Crippen LogP contribution in [0.1, 0.15) is 28.0 Å². The second-order valence-electron chi connectivity index (χ2n) is 5.36. The van der Waals surface area contributed by atoms with Crippen LogP contribution in [0.15, 0.2) is 30.5 Å². The number of hydrogen-bond donors (Lipinski definition) is 2. The van der Waals surface area contributed by atoms with Crippen LogP contribution in [0.4, 0.5) is 13.2 Å². The van der Waals surface area contributed by atoms with Crippen molar-refractivity contribution in [3.63, 3.8) is 0 Å². The number of carbonyl (C=O) groups is 1. The van der Waals surface area contributed by atoms with E-state index in [2.05, 4.69) is 15.7 Å². The van der Waals surface area contributed by atoms with Gasteiger partial charge in [0.05, 0.1) is 17.4 Å². The number of aryl methyl sites for hydroxylation is 1. The molecule has 9 heteroatoms. The molecule has 2 N–H and O–H groups in total. The molecule has 0 unspecified atom stereocenters. The van der Waals surface area contributed by atoms with Crippen LogP contribution < -0.4 is 10.6 Å². The average Bonchev–Trinajstić information content (AvgIpc) is 2.97. The van der Waals surface area contributed by atoms with Gasteiger partial charge >= 0.3 is 6.18 Å². The highest BCUT2D eigenvalue weighted by molar-refractivity contribution is 5.95. The molecule has 5 nitrogen and oxygen atoms in total. The largest absolute Gasteiger partial charge is 0.434 e. The molecule has 0 bridgehead atoms. The lowest BCUT2D eigenvalue weighted by Crippen LogP contribution is -2.28. The molecule has 2 rings (SSSR count). The van der Waals surface area contributed by atoms with Crippen molar-refractivity contribution in [2.24, 2.45) is 0 Å². The fourth-order valence-corrected chi connectivity index (χ4v) is 2.23. The number of halogens is 4. The summed E-state index contributed by atoms with van der Waals surface area (Å²) in [4.78, 5) is 12.1. The maximum absolute atomic E-state index is 13.5. The number of nitrogens with zero attached hydrogens (tertiary/aromatic N) is 2. The van der Waals surface area contributed by atoms with E-state index in [1.807, 2.05) is 6.92 Å². The van der Waals surface area contributed by atoms with Crippen molar-refractivity contribution in [2.45, 2.75) is 19.5 Å². The van der Waals surface area contributed by atoms with Crippen LogP contribution in [0, 0.1) is 6.92 Å². The number of alkyl halides is 3. The Bertz CT molecular complexity index is 698. The van der Waals surface area contributed by atoms with Gasteiger partial charge in [0.2, 0.25) is 0 Å². The van der Waals surface area contributed by atoms with Gasteiger partial charge in [-0.2, -0.15) is 18.3 Å². The van der Waals surface area contributed by atoms with Crippen LogP contribution in [-0.4, -0.2) is 35.8 Å². The van der Waals surface area contributed by atoms with E-state index in [9.17, 15) is 18.0 Å². The molecule has 0 fully saturated rings. The Morgan fingerprint density at radius 3 is 2.40 bits per heavy atom. The number of rotatable bonds is 6. The van der Waals surface area contributed by atoms with E-state index in [0.29, 0.717) is 13.0 Å². The second kappa shape index (κ2) is 8.87. The Labute approximate surface area is 150 Å². The summed E-state index contributed by atoms with van der Waals surface area (Å²) in [5.74, 6) is -0.781. The number of nitrogens with one attached hydrogen (secondary N) is 2. The van der Waals surface area contributed by atoms with E-state index in [0.717, 1.165) is 16.4 Å². The molecule has 0 aliphatic rings. The Hall–Kier alpha value is -2.06. The van der Waals surface area contributed by atoms with Crippen molar-refractivity contribution >= 4 is 18.3 Å². The Morgan fingerprint density at radius 1 is 1.20 bits per heavy atom. The molecule has 0 atom stereocenters. The first-order valence-corrected chi connectivity index (χ1v) is 7.49. The van der Waals surface area contributed by atoms with Gasteiger partial charge in [-0.15, -0.1) is 12.4 Å². The zero-order valence-corrected chi connectivity index (χ0v) is 14.7. The van der Waals surface area contributed by atoms with Crippen LogP contribution in [0.5, 0.6) is 0 Å². The van der Waals surface area contributed by atoms with Crippen molar-refractivity contribution < 1.29 is 18.0 Å². The molecule has 1 aromatic heterocycles. The van der Waals surface area contributed by atoms with Crippen LogP contribution in [-0.2, 0) is 6.18 Å². The molecule has 0 aliphatic heterocycles. The average molecular weight is 377 g/mol. The molecule has 0 radical (unpaired) electrons. The van der Waals surface area contributed by atoms with Crippen LogP contribution in [0.2, 0.25) is 0 Å². The molecule has 0 spiro atoms. The summed E-state index contributed by atoms with van der Waals surface area (Å²) in [5.41, 5.74) is -0.380. The van der Waals surface area contributed by atoms with E-state index in [1.165, 1.54) is 12.1 Å². The van der Waals surface area contributed by atoms with Crippen molar-refractivity contribution in [3.8, 4) is 5.69 Å². The number of carbonyl (C=O) groups excluding carboxylic acids is 1. The van der Waals surface area contributed by atoms with Gasteiger partial charge in [-0.05, 0) is 39.1 Å². The van der Waals surface area contributed by atoms with Gasteiger partial charge < -0.3 is 10.6 Å². The highest BCUT2D eigenvalue weighted by atomic mass is 35.5. The Balaban J connectivity index is 0.00000312. The van der Waals surface area contributed by atoms with Gasteiger partial charge in [0.1, 0.15) is 0 Å². The molecule has 0 aliphatic carbocycles. The van der Waals surface area contributed by atoms with Crippen molar-refractivity contribution in [3.05, 3.63) is 47.3 Å². The van der Waals surface area contributed by atoms with Crippen LogP contribution in [0.25, 0.3) is 5.69 Å². The third-order valence-corrected chi connectivity index (χ3v) is 3.45. The highest BCUT2D eigenvalue weighted by Crippen LogP contribution is 2.33. The number of hydrogen-bond acceptors (Lipinski definition) is 3. The minimum Gasteiger partial charge on any atom is -0.352 e. The summed E-state index contributed by atoms with van der Waals surface area (Å²) in [6.07, 6.45) is -3.12. The van der Waals surface area contributed by atoms with E-state index in [1.54, 1.807) is 19.2 Å². The smallest absolute Gasteiger partial charge is 0.352 e. The summed E-state index contributed by atoms with van der Waals surface area (Å²) in [7, 11) is 1.76. The van der Waals surface area contributed by atoms with E-state index in [4.69, 9.17) is 0 Å².